The van der Waals surface area contributed by atoms with Crippen LogP contribution >= 0.6 is 63.7 Å². The third-order valence-electron chi connectivity index (χ3n) is 6.21. The second-order valence-corrected chi connectivity index (χ2v) is 12.4. The zero-order valence-electron chi connectivity index (χ0n) is 18.0. The summed E-state index contributed by atoms with van der Waals surface area (Å²) in [6.45, 7) is 4.66. The van der Waals surface area contributed by atoms with Gasteiger partial charge in [0, 0.05) is 19.8 Å². The third-order valence-corrected chi connectivity index (χ3v) is 11.7. The van der Waals surface area contributed by atoms with Crippen molar-refractivity contribution in [3.8, 4) is 0 Å². The van der Waals surface area contributed by atoms with Gasteiger partial charge in [0.25, 0.3) is 0 Å². The second-order valence-electron chi connectivity index (χ2n) is 8.26. The van der Waals surface area contributed by atoms with Crippen molar-refractivity contribution in [2.75, 3.05) is 5.33 Å². The van der Waals surface area contributed by atoms with E-state index in [9.17, 15) is 0 Å². The fourth-order valence-corrected chi connectivity index (χ4v) is 6.48. The summed E-state index contributed by atoms with van der Waals surface area (Å²) in [5, 5.41) is 0.986. The molecule has 0 amide bonds. The lowest BCUT2D eigenvalue weighted by molar-refractivity contribution is 0.376. The monoisotopic (exact) mass is 662 g/mol. The van der Waals surface area contributed by atoms with Gasteiger partial charge in [-0.2, -0.15) is 0 Å². The summed E-state index contributed by atoms with van der Waals surface area (Å²) in [6.07, 6.45) is 5.95. The number of hydrogen-bond acceptors (Lipinski definition) is 0. The molecule has 0 aliphatic carbocycles. The Morgan fingerprint density at radius 3 is 1.67 bits per heavy atom. The molecule has 0 fully saturated rings. The smallest absolute Gasteiger partial charge is 0.0276 e. The number of hydrogen-bond donors (Lipinski definition) is 0. The highest BCUT2D eigenvalue weighted by molar-refractivity contribution is 9.12. The highest BCUT2D eigenvalue weighted by Gasteiger charge is 2.29. The van der Waals surface area contributed by atoms with E-state index in [1.807, 2.05) is 0 Å². The molecule has 0 saturated heterocycles. The molecule has 30 heavy (non-hydrogen) atoms. The molecule has 6 unspecified atom stereocenters. The molecule has 0 spiro atoms. The summed E-state index contributed by atoms with van der Waals surface area (Å²) in [5.74, 6) is 1.79. The van der Waals surface area contributed by atoms with Gasteiger partial charge in [-0.1, -0.05) is 138 Å². The van der Waals surface area contributed by atoms with E-state index in [0.717, 1.165) is 5.33 Å². The first kappa shape index (κ1) is 26.6. The highest BCUT2D eigenvalue weighted by atomic mass is 79.9. The largest absolute Gasteiger partial charge is 0.0916 e. The number of benzene rings is 2. The van der Waals surface area contributed by atoms with Gasteiger partial charge in [-0.15, -0.1) is 0 Å². The summed E-state index contributed by atoms with van der Waals surface area (Å²) < 4.78 is 0. The minimum absolute atomic E-state index is 0.481. The molecule has 0 radical (unpaired) electrons. The predicted octanol–water partition coefficient (Wildman–Crippen LogP) is 9.85. The van der Waals surface area contributed by atoms with Crippen molar-refractivity contribution in [3.05, 3.63) is 71.8 Å². The Morgan fingerprint density at radius 2 is 1.17 bits per heavy atom. The normalized spacial score (nSPS) is 17.7. The summed E-state index contributed by atoms with van der Waals surface area (Å²) in [5.41, 5.74) is 2.91. The standard InChI is InChI=1S/C26H34Br4/c1-3-22(21-12-8-5-9-13-21)23(26(30)18-27)15-17-25(29)24(28)16-14-19(2)20-10-6-4-7-11-20/h4-13,19,22-26H,3,14-18H2,1-2H3. The predicted molar refractivity (Wildman–Crippen MR) is 148 cm³/mol. The van der Waals surface area contributed by atoms with Crippen LogP contribution in [0.5, 0.6) is 0 Å². The minimum atomic E-state index is 0.481. The molecule has 0 N–H and O–H groups in total. The molecule has 2 rings (SSSR count). The molecule has 4 heteroatoms. The van der Waals surface area contributed by atoms with Gasteiger partial charge in [0.1, 0.15) is 0 Å². The SMILES string of the molecule is CCC(c1ccccc1)C(CCC(Br)C(Br)CCC(C)c1ccccc1)C(Br)CBr. The first-order chi connectivity index (χ1) is 14.5. The van der Waals surface area contributed by atoms with E-state index in [0.29, 0.717) is 32.2 Å². The average Bonchev–Trinajstić information content (AvgIpc) is 2.80. The summed E-state index contributed by atoms with van der Waals surface area (Å²) in [7, 11) is 0. The molecular weight excluding hydrogens is 632 g/mol. The van der Waals surface area contributed by atoms with Crippen LogP contribution in [0.25, 0.3) is 0 Å². The van der Waals surface area contributed by atoms with Crippen molar-refractivity contribution in [2.24, 2.45) is 5.92 Å². The average molecular weight is 666 g/mol. The van der Waals surface area contributed by atoms with Gasteiger partial charge >= 0.3 is 0 Å². The maximum absolute atomic E-state index is 4.00. The van der Waals surface area contributed by atoms with Gasteiger partial charge in [0.05, 0.1) is 0 Å². The van der Waals surface area contributed by atoms with Gasteiger partial charge in [0.15, 0.2) is 0 Å². The van der Waals surface area contributed by atoms with Crippen LogP contribution in [-0.4, -0.2) is 19.8 Å². The molecular formula is C26H34Br4. The Labute approximate surface area is 217 Å². The molecule has 2 aromatic carbocycles. The van der Waals surface area contributed by atoms with Crippen LogP contribution in [0.4, 0.5) is 0 Å². The van der Waals surface area contributed by atoms with Crippen LogP contribution in [0.2, 0.25) is 0 Å². The van der Waals surface area contributed by atoms with Crippen molar-refractivity contribution in [1.29, 1.82) is 0 Å². The fourth-order valence-electron chi connectivity index (χ4n) is 4.31. The van der Waals surface area contributed by atoms with Gasteiger partial charge in [-0.05, 0) is 61.0 Å². The molecule has 0 saturated carbocycles. The first-order valence-corrected chi connectivity index (χ1v) is 14.9. The van der Waals surface area contributed by atoms with E-state index in [4.69, 9.17) is 0 Å². The lowest BCUT2D eigenvalue weighted by atomic mass is 9.79. The first-order valence-electron chi connectivity index (χ1n) is 11.1. The van der Waals surface area contributed by atoms with Crippen LogP contribution < -0.4 is 0 Å². The van der Waals surface area contributed by atoms with Crippen LogP contribution in [0.15, 0.2) is 60.7 Å². The fraction of sp³-hybridized carbons (Fsp3) is 0.538. The quantitative estimate of drug-likeness (QED) is 0.187. The molecule has 0 aliphatic rings. The van der Waals surface area contributed by atoms with Crippen molar-refractivity contribution < 1.29 is 0 Å². The van der Waals surface area contributed by atoms with Crippen molar-refractivity contribution in [2.45, 2.75) is 72.3 Å². The van der Waals surface area contributed by atoms with Gasteiger partial charge < -0.3 is 0 Å². The second kappa shape index (κ2) is 14.5. The molecule has 0 bridgehead atoms. The third kappa shape index (κ3) is 8.37. The van der Waals surface area contributed by atoms with Gasteiger partial charge in [-0.25, -0.2) is 0 Å². The van der Waals surface area contributed by atoms with Crippen molar-refractivity contribution >= 4 is 63.7 Å². The Bertz CT molecular complexity index is 691. The minimum Gasteiger partial charge on any atom is -0.0916 e. The Kier molecular flexibility index (Phi) is 12.9. The number of rotatable bonds is 13. The van der Waals surface area contributed by atoms with Crippen LogP contribution in [-0.2, 0) is 0 Å². The van der Waals surface area contributed by atoms with Crippen molar-refractivity contribution in [3.63, 3.8) is 0 Å². The van der Waals surface area contributed by atoms with E-state index in [-0.39, 0.29) is 0 Å². The summed E-state index contributed by atoms with van der Waals surface area (Å²) >= 11 is 15.7. The molecule has 0 nitrogen and oxygen atoms in total. The highest BCUT2D eigenvalue weighted by Crippen LogP contribution is 2.39. The lowest BCUT2D eigenvalue weighted by Crippen LogP contribution is -2.26. The van der Waals surface area contributed by atoms with Crippen LogP contribution in [0.3, 0.4) is 0 Å². The molecule has 2 aromatic rings. The Morgan fingerprint density at radius 1 is 0.667 bits per heavy atom. The zero-order chi connectivity index (χ0) is 21.9. The summed E-state index contributed by atoms with van der Waals surface area (Å²) in [4.78, 5) is 1.47. The van der Waals surface area contributed by atoms with E-state index in [2.05, 4.69) is 138 Å². The van der Waals surface area contributed by atoms with E-state index in [1.54, 1.807) is 0 Å². The molecule has 0 aliphatic heterocycles. The van der Waals surface area contributed by atoms with Gasteiger partial charge in [0.2, 0.25) is 0 Å². The van der Waals surface area contributed by atoms with E-state index >= 15 is 0 Å². The maximum Gasteiger partial charge on any atom is 0.0276 e. The Balaban J connectivity index is 1.92. The van der Waals surface area contributed by atoms with Crippen LogP contribution in [0, 0.1) is 5.92 Å². The molecule has 166 valence electrons. The van der Waals surface area contributed by atoms with E-state index < -0.39 is 0 Å². The van der Waals surface area contributed by atoms with Gasteiger partial charge in [-0.3, -0.25) is 0 Å². The molecule has 0 aromatic heterocycles. The lowest BCUT2D eigenvalue weighted by Gasteiger charge is -2.31. The zero-order valence-corrected chi connectivity index (χ0v) is 24.3. The molecule has 0 heterocycles. The topological polar surface area (TPSA) is 0 Å². The number of alkyl halides is 4. The molecule has 6 atom stereocenters. The number of halogens is 4. The Hall–Kier alpha value is 0.360. The van der Waals surface area contributed by atoms with Crippen LogP contribution in [0.1, 0.15) is 68.9 Å². The van der Waals surface area contributed by atoms with E-state index in [1.165, 1.54) is 43.2 Å². The maximum atomic E-state index is 4.00. The summed E-state index contributed by atoms with van der Waals surface area (Å²) in [6, 6.07) is 21.9. The van der Waals surface area contributed by atoms with Crippen molar-refractivity contribution in [1.82, 2.24) is 0 Å².